The molecule has 0 aliphatic rings. The highest BCUT2D eigenvalue weighted by Crippen LogP contribution is 2.26. The fourth-order valence-corrected chi connectivity index (χ4v) is 2.68. The molecule has 21 heavy (non-hydrogen) atoms. The van der Waals surface area contributed by atoms with Crippen molar-refractivity contribution in [2.24, 2.45) is 0 Å². The van der Waals surface area contributed by atoms with Gasteiger partial charge < -0.3 is 9.72 Å². The molecule has 2 aromatic carbocycles. The van der Waals surface area contributed by atoms with E-state index in [1.54, 1.807) is 23.8 Å². The lowest BCUT2D eigenvalue weighted by molar-refractivity contribution is 0.414. The monoisotopic (exact) mass is 306 g/mol. The third-order valence-corrected chi connectivity index (χ3v) is 3.64. The van der Waals surface area contributed by atoms with Crippen LogP contribution in [0.2, 0.25) is 0 Å². The van der Waals surface area contributed by atoms with E-state index in [1.165, 1.54) is 6.07 Å². The Morgan fingerprint density at radius 1 is 1.19 bits per heavy atom. The molecule has 1 heterocycles. The molecule has 6 heteroatoms. The van der Waals surface area contributed by atoms with Crippen LogP contribution >= 0.6 is 12.2 Å². The van der Waals surface area contributed by atoms with Crippen LogP contribution in [0.1, 0.15) is 5.56 Å². The van der Waals surface area contributed by atoms with Gasteiger partial charge in [-0.3, -0.25) is 4.57 Å². The van der Waals surface area contributed by atoms with Gasteiger partial charge in [-0.25, -0.2) is 8.78 Å². The molecular formula is C15H12F2N2OS. The van der Waals surface area contributed by atoms with Crippen molar-refractivity contribution in [3.05, 3.63) is 52.3 Å². The number of aromatic amines is 1. The molecule has 0 saturated heterocycles. The van der Waals surface area contributed by atoms with Gasteiger partial charge in [-0.1, -0.05) is 0 Å². The summed E-state index contributed by atoms with van der Waals surface area (Å²) < 4.78 is 34.4. The quantitative estimate of drug-likeness (QED) is 0.716. The second-order valence-electron chi connectivity index (χ2n) is 4.70. The number of aromatic nitrogens is 2. The Balaban J connectivity index is 2.35. The molecule has 0 amide bonds. The van der Waals surface area contributed by atoms with E-state index in [1.807, 2.05) is 13.0 Å². The molecule has 108 valence electrons. The molecule has 0 aliphatic carbocycles. The molecule has 0 spiro atoms. The van der Waals surface area contributed by atoms with Crippen LogP contribution in [0.15, 0.2) is 30.3 Å². The minimum absolute atomic E-state index is 0.191. The summed E-state index contributed by atoms with van der Waals surface area (Å²) in [5.41, 5.74) is 2.19. The van der Waals surface area contributed by atoms with E-state index in [0.717, 1.165) is 17.3 Å². The number of fused-ring (bicyclic) bond motifs is 1. The van der Waals surface area contributed by atoms with E-state index in [0.29, 0.717) is 16.0 Å². The first kappa shape index (κ1) is 13.8. The Hall–Kier alpha value is -2.21. The lowest BCUT2D eigenvalue weighted by Crippen LogP contribution is -1.98. The summed E-state index contributed by atoms with van der Waals surface area (Å²) in [6, 6.07) is 7.51. The van der Waals surface area contributed by atoms with Gasteiger partial charge in [0.2, 0.25) is 0 Å². The number of benzene rings is 2. The molecule has 3 aromatic rings. The van der Waals surface area contributed by atoms with Crippen molar-refractivity contribution in [1.82, 2.24) is 9.55 Å². The highest BCUT2D eigenvalue weighted by Gasteiger charge is 2.13. The standard InChI is InChI=1S/C15H12F2N2OS/c1-8-5-10(20-2)3-4-12(8)19-13-7-9(16)6-11(17)14(13)18-15(19)21/h3-7H,1-2H3,(H,18,21). The maximum atomic E-state index is 13.8. The third-order valence-electron chi connectivity index (χ3n) is 3.35. The fraction of sp³-hybridized carbons (Fsp3) is 0.133. The van der Waals surface area contributed by atoms with E-state index in [4.69, 9.17) is 17.0 Å². The maximum Gasteiger partial charge on any atom is 0.182 e. The minimum atomic E-state index is -0.666. The van der Waals surface area contributed by atoms with Crippen LogP contribution in [0.4, 0.5) is 8.78 Å². The van der Waals surface area contributed by atoms with Gasteiger partial charge in [0.25, 0.3) is 0 Å². The molecule has 0 unspecified atom stereocenters. The van der Waals surface area contributed by atoms with Crippen LogP contribution in [0, 0.1) is 23.3 Å². The Kier molecular flexibility index (Phi) is 3.25. The van der Waals surface area contributed by atoms with E-state index in [-0.39, 0.29) is 5.52 Å². The molecular weight excluding hydrogens is 294 g/mol. The van der Waals surface area contributed by atoms with Crippen molar-refractivity contribution < 1.29 is 13.5 Å². The summed E-state index contributed by atoms with van der Waals surface area (Å²) in [5.74, 6) is -0.602. The average Bonchev–Trinajstić information content (AvgIpc) is 2.75. The summed E-state index contributed by atoms with van der Waals surface area (Å²) in [6.45, 7) is 1.88. The van der Waals surface area contributed by atoms with Gasteiger partial charge >= 0.3 is 0 Å². The number of aryl methyl sites for hydroxylation is 1. The van der Waals surface area contributed by atoms with Crippen molar-refractivity contribution in [1.29, 1.82) is 0 Å². The number of ether oxygens (including phenoxy) is 1. The Labute approximate surface area is 124 Å². The third kappa shape index (κ3) is 2.21. The first-order chi connectivity index (χ1) is 10.0. The van der Waals surface area contributed by atoms with Crippen LogP contribution in [0.5, 0.6) is 5.75 Å². The second kappa shape index (κ2) is 4.96. The number of imidazole rings is 1. The number of nitrogens with zero attached hydrogens (tertiary/aromatic N) is 1. The zero-order chi connectivity index (χ0) is 15.1. The largest absolute Gasteiger partial charge is 0.497 e. The molecule has 0 bridgehead atoms. The molecule has 0 radical (unpaired) electrons. The molecule has 1 N–H and O–H groups in total. The normalized spacial score (nSPS) is 11.0. The number of rotatable bonds is 2. The fourth-order valence-electron chi connectivity index (χ4n) is 2.38. The summed E-state index contributed by atoms with van der Waals surface area (Å²) in [4.78, 5) is 2.78. The van der Waals surface area contributed by atoms with Gasteiger partial charge in [0.15, 0.2) is 10.6 Å². The van der Waals surface area contributed by atoms with Crippen molar-refractivity contribution in [3.8, 4) is 11.4 Å². The highest BCUT2D eigenvalue weighted by atomic mass is 32.1. The maximum absolute atomic E-state index is 13.8. The SMILES string of the molecule is COc1ccc(-n2c(=S)[nH]c3c(F)cc(F)cc32)c(C)c1. The number of hydrogen-bond donors (Lipinski definition) is 1. The van der Waals surface area contributed by atoms with Crippen LogP contribution in [0.3, 0.4) is 0 Å². The van der Waals surface area contributed by atoms with E-state index in [9.17, 15) is 8.78 Å². The van der Waals surface area contributed by atoms with Crippen LogP contribution in [0.25, 0.3) is 16.7 Å². The predicted molar refractivity (Wildman–Crippen MR) is 79.7 cm³/mol. The van der Waals surface area contributed by atoms with Gasteiger partial charge in [-0.15, -0.1) is 0 Å². The zero-order valence-corrected chi connectivity index (χ0v) is 12.2. The van der Waals surface area contributed by atoms with E-state index < -0.39 is 11.6 Å². The molecule has 0 fully saturated rings. The summed E-state index contributed by atoms with van der Waals surface area (Å²) in [7, 11) is 1.58. The van der Waals surface area contributed by atoms with E-state index >= 15 is 0 Å². The summed E-state index contributed by atoms with van der Waals surface area (Å²) in [6.07, 6.45) is 0. The molecule has 1 aromatic heterocycles. The van der Waals surface area contributed by atoms with Gasteiger partial charge in [0, 0.05) is 12.1 Å². The summed E-state index contributed by atoms with van der Waals surface area (Å²) in [5, 5.41) is 0. The lowest BCUT2D eigenvalue weighted by Gasteiger charge is -2.10. The average molecular weight is 306 g/mol. The van der Waals surface area contributed by atoms with Crippen LogP contribution in [-0.2, 0) is 0 Å². The first-order valence-electron chi connectivity index (χ1n) is 6.26. The van der Waals surface area contributed by atoms with Crippen molar-refractivity contribution in [2.45, 2.75) is 6.92 Å². The molecule has 0 aliphatic heterocycles. The smallest absolute Gasteiger partial charge is 0.182 e. The molecule has 3 nitrogen and oxygen atoms in total. The van der Waals surface area contributed by atoms with Gasteiger partial charge in [0.1, 0.15) is 17.1 Å². The molecule has 0 saturated carbocycles. The van der Waals surface area contributed by atoms with Gasteiger partial charge in [-0.2, -0.15) is 0 Å². The predicted octanol–water partition coefficient (Wildman–Crippen LogP) is 4.28. The number of H-pyrrole nitrogens is 1. The van der Waals surface area contributed by atoms with E-state index in [2.05, 4.69) is 4.98 Å². The number of hydrogen-bond acceptors (Lipinski definition) is 2. The van der Waals surface area contributed by atoms with Crippen molar-refractivity contribution >= 4 is 23.3 Å². The number of nitrogens with one attached hydrogen (secondary N) is 1. The Bertz CT molecular complexity index is 899. The number of halogens is 2. The molecule has 0 atom stereocenters. The zero-order valence-electron chi connectivity index (χ0n) is 11.4. The Morgan fingerprint density at radius 3 is 2.62 bits per heavy atom. The van der Waals surface area contributed by atoms with Crippen molar-refractivity contribution in [2.75, 3.05) is 7.11 Å². The van der Waals surface area contributed by atoms with Crippen LogP contribution in [-0.4, -0.2) is 16.7 Å². The highest BCUT2D eigenvalue weighted by molar-refractivity contribution is 7.71. The number of methoxy groups -OCH3 is 1. The minimum Gasteiger partial charge on any atom is -0.497 e. The van der Waals surface area contributed by atoms with Gasteiger partial charge in [0.05, 0.1) is 18.3 Å². The van der Waals surface area contributed by atoms with Gasteiger partial charge in [-0.05, 0) is 42.9 Å². The van der Waals surface area contributed by atoms with Crippen molar-refractivity contribution in [3.63, 3.8) is 0 Å². The lowest BCUT2D eigenvalue weighted by atomic mass is 10.2. The molecule has 3 rings (SSSR count). The topological polar surface area (TPSA) is 29.9 Å². The first-order valence-corrected chi connectivity index (χ1v) is 6.67. The Morgan fingerprint density at radius 2 is 1.95 bits per heavy atom. The summed E-state index contributed by atoms with van der Waals surface area (Å²) >= 11 is 5.25. The second-order valence-corrected chi connectivity index (χ2v) is 5.09. The van der Waals surface area contributed by atoms with Crippen LogP contribution < -0.4 is 4.74 Å².